The number of aromatic nitrogens is 3. The van der Waals surface area contributed by atoms with Gasteiger partial charge in [-0.05, 0) is 30.9 Å². The number of pyridine rings is 1. The van der Waals surface area contributed by atoms with Crippen molar-refractivity contribution in [1.29, 1.82) is 0 Å². The highest BCUT2D eigenvalue weighted by Gasteiger charge is 2.34. The minimum absolute atomic E-state index is 0.0348. The first-order valence-corrected chi connectivity index (χ1v) is 10.9. The molecule has 10 heteroatoms. The standard InChI is InChI=1S/C17H16F3N3O2S2/c1-3-27(24,25)15-9-5-4-6-12(9)26-14(15)16-22-10-7-13(17(18,19)20)21-8-11(10)23(16)2/h7-8H,3-6H2,1-2H3. The van der Waals surface area contributed by atoms with Crippen molar-refractivity contribution >= 4 is 32.2 Å². The normalized spacial score (nSPS) is 14.9. The lowest BCUT2D eigenvalue weighted by Gasteiger charge is -2.07. The molecule has 3 aromatic heterocycles. The van der Waals surface area contributed by atoms with Gasteiger partial charge >= 0.3 is 6.18 Å². The van der Waals surface area contributed by atoms with Crippen molar-refractivity contribution in [3.63, 3.8) is 0 Å². The summed E-state index contributed by atoms with van der Waals surface area (Å²) < 4.78 is 65.9. The molecule has 0 spiro atoms. The highest BCUT2D eigenvalue weighted by Crippen LogP contribution is 2.44. The molecule has 0 bridgehead atoms. The van der Waals surface area contributed by atoms with Crippen molar-refractivity contribution in [2.24, 2.45) is 7.05 Å². The molecule has 3 aromatic rings. The van der Waals surface area contributed by atoms with E-state index in [2.05, 4.69) is 9.97 Å². The van der Waals surface area contributed by atoms with Crippen LogP contribution in [0.2, 0.25) is 0 Å². The quantitative estimate of drug-likeness (QED) is 0.649. The number of hydrogen-bond donors (Lipinski definition) is 0. The molecule has 5 nitrogen and oxygen atoms in total. The van der Waals surface area contributed by atoms with Crippen molar-refractivity contribution in [2.75, 3.05) is 5.75 Å². The van der Waals surface area contributed by atoms with Crippen molar-refractivity contribution in [1.82, 2.24) is 14.5 Å². The van der Waals surface area contributed by atoms with Gasteiger partial charge in [0.15, 0.2) is 15.7 Å². The maximum absolute atomic E-state index is 12.9. The van der Waals surface area contributed by atoms with Crippen LogP contribution in [0.4, 0.5) is 13.2 Å². The van der Waals surface area contributed by atoms with Crippen LogP contribution < -0.4 is 0 Å². The van der Waals surface area contributed by atoms with Crippen LogP contribution >= 0.6 is 11.3 Å². The number of sulfone groups is 1. The second kappa shape index (κ2) is 6.03. The molecule has 0 unspecified atom stereocenters. The molecule has 1 aliphatic rings. The van der Waals surface area contributed by atoms with Gasteiger partial charge in [0, 0.05) is 11.9 Å². The number of nitrogens with zero attached hydrogens (tertiary/aromatic N) is 3. The Hall–Kier alpha value is -1.94. The molecule has 0 saturated carbocycles. The topological polar surface area (TPSA) is 64.8 Å². The number of hydrogen-bond acceptors (Lipinski definition) is 5. The summed E-state index contributed by atoms with van der Waals surface area (Å²) in [6.07, 6.45) is -1.01. The minimum Gasteiger partial charge on any atom is -0.325 e. The second-order valence-corrected chi connectivity index (χ2v) is 9.79. The molecule has 144 valence electrons. The van der Waals surface area contributed by atoms with E-state index in [1.165, 1.54) is 11.3 Å². The fourth-order valence-electron chi connectivity index (χ4n) is 3.44. The highest BCUT2D eigenvalue weighted by atomic mass is 32.2. The first-order valence-electron chi connectivity index (χ1n) is 8.41. The summed E-state index contributed by atoms with van der Waals surface area (Å²) in [5.74, 6) is 0.324. The Bertz CT molecular complexity index is 1160. The number of aryl methyl sites for hydroxylation is 2. The molecule has 0 aliphatic heterocycles. The molecule has 0 amide bonds. The fraction of sp³-hybridized carbons (Fsp3) is 0.412. The Kier molecular flexibility index (Phi) is 4.12. The van der Waals surface area contributed by atoms with Crippen molar-refractivity contribution in [3.8, 4) is 10.7 Å². The van der Waals surface area contributed by atoms with Crippen LogP contribution in [0.25, 0.3) is 21.7 Å². The molecular formula is C17H16F3N3O2S2. The van der Waals surface area contributed by atoms with Gasteiger partial charge in [0.2, 0.25) is 0 Å². The molecule has 0 N–H and O–H groups in total. The summed E-state index contributed by atoms with van der Waals surface area (Å²) in [6.45, 7) is 1.59. The van der Waals surface area contributed by atoms with Crippen LogP contribution in [0.1, 0.15) is 29.5 Å². The van der Waals surface area contributed by atoms with Crippen LogP contribution in [0.5, 0.6) is 0 Å². The smallest absolute Gasteiger partial charge is 0.325 e. The maximum Gasteiger partial charge on any atom is 0.433 e. The van der Waals surface area contributed by atoms with Gasteiger partial charge in [-0.2, -0.15) is 13.2 Å². The zero-order valence-electron chi connectivity index (χ0n) is 14.6. The monoisotopic (exact) mass is 415 g/mol. The molecule has 3 heterocycles. The highest BCUT2D eigenvalue weighted by molar-refractivity contribution is 7.91. The summed E-state index contributed by atoms with van der Waals surface area (Å²) in [6, 6.07) is 0.897. The van der Waals surface area contributed by atoms with Crippen molar-refractivity contribution in [3.05, 3.63) is 28.4 Å². The lowest BCUT2D eigenvalue weighted by atomic mass is 10.2. The van der Waals surface area contributed by atoms with Crippen LogP contribution in [-0.2, 0) is 35.9 Å². The van der Waals surface area contributed by atoms with Crippen LogP contribution in [0.3, 0.4) is 0 Å². The Morgan fingerprint density at radius 2 is 2.04 bits per heavy atom. The fourth-order valence-corrected chi connectivity index (χ4v) is 6.59. The van der Waals surface area contributed by atoms with E-state index in [0.29, 0.717) is 27.5 Å². The number of fused-ring (bicyclic) bond motifs is 2. The predicted molar refractivity (Wildman–Crippen MR) is 96.6 cm³/mol. The third kappa shape index (κ3) is 2.85. The van der Waals surface area contributed by atoms with E-state index in [4.69, 9.17) is 0 Å². The summed E-state index contributed by atoms with van der Waals surface area (Å²) >= 11 is 1.38. The summed E-state index contributed by atoms with van der Waals surface area (Å²) in [4.78, 5) is 9.66. The zero-order chi connectivity index (χ0) is 19.6. The van der Waals surface area contributed by atoms with Gasteiger partial charge in [0.25, 0.3) is 0 Å². The first-order chi connectivity index (χ1) is 12.6. The van der Waals surface area contributed by atoms with E-state index in [-0.39, 0.29) is 11.3 Å². The summed E-state index contributed by atoms with van der Waals surface area (Å²) in [5.41, 5.74) is 0.391. The average Bonchev–Trinajstić information content (AvgIpc) is 3.26. The van der Waals surface area contributed by atoms with Gasteiger partial charge in [-0.25, -0.2) is 18.4 Å². The molecule has 0 aromatic carbocycles. The Balaban J connectivity index is 1.97. The van der Waals surface area contributed by atoms with E-state index in [1.54, 1.807) is 18.5 Å². The van der Waals surface area contributed by atoms with Gasteiger partial charge in [0.05, 0.1) is 32.8 Å². The number of alkyl halides is 3. The number of halogens is 3. The predicted octanol–water partition coefficient (Wildman–Crippen LogP) is 4.00. The van der Waals surface area contributed by atoms with E-state index < -0.39 is 21.7 Å². The third-order valence-electron chi connectivity index (χ3n) is 4.82. The Labute approximate surface area is 157 Å². The van der Waals surface area contributed by atoms with E-state index in [0.717, 1.165) is 35.5 Å². The zero-order valence-corrected chi connectivity index (χ0v) is 16.2. The lowest BCUT2D eigenvalue weighted by molar-refractivity contribution is -0.141. The summed E-state index contributed by atoms with van der Waals surface area (Å²) in [5, 5.41) is 0. The van der Waals surface area contributed by atoms with Gasteiger partial charge in [0.1, 0.15) is 5.69 Å². The first kappa shape index (κ1) is 18.4. The second-order valence-electron chi connectivity index (χ2n) is 6.47. The third-order valence-corrected chi connectivity index (χ3v) is 8.07. The Morgan fingerprint density at radius 3 is 2.70 bits per heavy atom. The number of rotatable bonds is 3. The van der Waals surface area contributed by atoms with Gasteiger partial charge in [-0.15, -0.1) is 11.3 Å². The van der Waals surface area contributed by atoms with Gasteiger partial charge in [-0.1, -0.05) is 6.92 Å². The summed E-state index contributed by atoms with van der Waals surface area (Å²) in [7, 11) is -1.82. The van der Waals surface area contributed by atoms with E-state index >= 15 is 0 Å². The molecular weight excluding hydrogens is 399 g/mol. The maximum atomic E-state index is 12.9. The molecule has 4 rings (SSSR count). The SMILES string of the molecule is CCS(=O)(=O)c1c(-c2nc3cc(C(F)(F)F)ncc3n2C)sc2c1CCC2. The lowest BCUT2D eigenvalue weighted by Crippen LogP contribution is -2.07. The van der Waals surface area contributed by atoms with Crippen LogP contribution in [-0.4, -0.2) is 28.7 Å². The minimum atomic E-state index is -4.56. The van der Waals surface area contributed by atoms with E-state index in [9.17, 15) is 21.6 Å². The van der Waals surface area contributed by atoms with Crippen LogP contribution in [0, 0.1) is 0 Å². The molecule has 0 fully saturated rings. The Morgan fingerprint density at radius 1 is 1.30 bits per heavy atom. The average molecular weight is 415 g/mol. The van der Waals surface area contributed by atoms with Crippen molar-refractivity contribution < 1.29 is 21.6 Å². The largest absolute Gasteiger partial charge is 0.433 e. The molecule has 0 atom stereocenters. The van der Waals surface area contributed by atoms with Gasteiger partial charge in [-0.3, -0.25) is 0 Å². The molecule has 0 radical (unpaired) electrons. The molecule has 27 heavy (non-hydrogen) atoms. The molecule has 1 aliphatic carbocycles. The van der Waals surface area contributed by atoms with Crippen molar-refractivity contribution in [2.45, 2.75) is 37.3 Å². The number of thiophene rings is 1. The van der Waals surface area contributed by atoms with Gasteiger partial charge < -0.3 is 4.57 Å². The molecule has 0 saturated heterocycles. The van der Waals surface area contributed by atoms with E-state index in [1.807, 2.05) is 0 Å². The van der Waals surface area contributed by atoms with Crippen LogP contribution in [0.15, 0.2) is 17.2 Å². The number of imidazole rings is 1.